The Labute approximate surface area is 123 Å². The molecule has 110 valence electrons. The summed E-state index contributed by atoms with van der Waals surface area (Å²) >= 11 is 0. The lowest BCUT2D eigenvalue weighted by molar-refractivity contribution is 0.0821. The first kappa shape index (κ1) is 14.6. The molecule has 21 heavy (non-hydrogen) atoms. The number of amides is 1. The van der Waals surface area contributed by atoms with Crippen LogP contribution in [-0.4, -0.2) is 36.9 Å². The van der Waals surface area contributed by atoms with Crippen LogP contribution in [0.5, 0.6) is 11.5 Å². The molecule has 0 spiro atoms. The van der Waals surface area contributed by atoms with Crippen LogP contribution in [0.1, 0.15) is 10.5 Å². The molecule has 0 atom stereocenters. The Morgan fingerprint density at radius 3 is 2.57 bits per heavy atom. The number of benzene rings is 1. The molecule has 0 fully saturated rings. The lowest BCUT2D eigenvalue weighted by atomic mass is 10.2. The van der Waals surface area contributed by atoms with Crippen LogP contribution in [-0.2, 0) is 0 Å². The van der Waals surface area contributed by atoms with Gasteiger partial charge >= 0.3 is 0 Å². The van der Waals surface area contributed by atoms with Crippen molar-refractivity contribution < 1.29 is 9.53 Å². The van der Waals surface area contributed by atoms with E-state index in [0.717, 1.165) is 5.69 Å². The number of carbonyl (C=O) groups is 1. The maximum Gasteiger partial charge on any atom is 0.272 e. The first-order valence-corrected chi connectivity index (χ1v) is 6.44. The van der Waals surface area contributed by atoms with Crippen molar-refractivity contribution in [2.24, 2.45) is 0 Å². The Morgan fingerprint density at radius 1 is 1.24 bits per heavy atom. The largest absolute Gasteiger partial charge is 0.457 e. The second-order valence-electron chi connectivity index (χ2n) is 4.68. The molecule has 0 aliphatic rings. The average molecular weight is 286 g/mol. The highest BCUT2D eigenvalue weighted by Crippen LogP contribution is 2.27. The maximum absolute atomic E-state index is 11.9. The number of nitrogens with zero attached hydrogens (tertiary/aromatic N) is 2. The van der Waals surface area contributed by atoms with Crippen LogP contribution in [0.3, 0.4) is 0 Å². The summed E-state index contributed by atoms with van der Waals surface area (Å²) in [6.45, 7) is 0. The van der Waals surface area contributed by atoms with Crippen LogP contribution in [0.2, 0.25) is 0 Å². The van der Waals surface area contributed by atoms with Gasteiger partial charge in [0, 0.05) is 39.5 Å². The van der Waals surface area contributed by atoms with Gasteiger partial charge in [-0.3, -0.25) is 9.78 Å². The molecule has 1 aromatic heterocycles. The van der Waals surface area contributed by atoms with Crippen molar-refractivity contribution in [2.45, 2.75) is 0 Å². The van der Waals surface area contributed by atoms with E-state index in [1.165, 1.54) is 11.1 Å². The molecule has 6 nitrogen and oxygen atoms in total. The first-order chi connectivity index (χ1) is 10.0. The van der Waals surface area contributed by atoms with Gasteiger partial charge in [-0.25, -0.2) is 0 Å². The fourth-order valence-corrected chi connectivity index (χ4v) is 1.79. The second kappa shape index (κ2) is 6.13. The number of nitrogen functional groups attached to an aromatic ring is 1. The van der Waals surface area contributed by atoms with Crippen LogP contribution in [0.4, 0.5) is 11.4 Å². The van der Waals surface area contributed by atoms with Crippen molar-refractivity contribution in [2.75, 3.05) is 32.2 Å². The van der Waals surface area contributed by atoms with E-state index in [1.807, 2.05) is 6.07 Å². The molecule has 1 amide bonds. The van der Waals surface area contributed by atoms with E-state index in [2.05, 4.69) is 10.3 Å². The third kappa shape index (κ3) is 3.42. The van der Waals surface area contributed by atoms with E-state index in [0.29, 0.717) is 22.9 Å². The number of nitrogens with two attached hydrogens (primary N) is 1. The van der Waals surface area contributed by atoms with Crippen LogP contribution in [0.15, 0.2) is 36.5 Å². The fraction of sp³-hybridized carbons (Fsp3) is 0.200. The highest BCUT2D eigenvalue weighted by atomic mass is 16.5. The number of nitrogens with one attached hydrogen (secondary N) is 1. The number of carbonyl (C=O) groups excluding carboxylic acids is 1. The topological polar surface area (TPSA) is 80.5 Å². The minimum Gasteiger partial charge on any atom is -0.457 e. The van der Waals surface area contributed by atoms with Gasteiger partial charge in [0.1, 0.15) is 17.2 Å². The molecule has 0 saturated carbocycles. The molecule has 3 N–H and O–H groups in total. The van der Waals surface area contributed by atoms with Crippen molar-refractivity contribution >= 4 is 17.3 Å². The van der Waals surface area contributed by atoms with Gasteiger partial charge in [0.05, 0.1) is 11.4 Å². The smallest absolute Gasteiger partial charge is 0.272 e. The molecule has 1 heterocycles. The van der Waals surface area contributed by atoms with E-state index in [9.17, 15) is 4.79 Å². The normalized spacial score (nSPS) is 10.0. The molecule has 0 aliphatic heterocycles. The minimum absolute atomic E-state index is 0.175. The van der Waals surface area contributed by atoms with Gasteiger partial charge in [0.2, 0.25) is 0 Å². The highest BCUT2D eigenvalue weighted by molar-refractivity contribution is 5.92. The Kier molecular flexibility index (Phi) is 4.27. The average Bonchev–Trinajstić information content (AvgIpc) is 2.47. The highest BCUT2D eigenvalue weighted by Gasteiger charge is 2.11. The predicted octanol–water partition coefficient (Wildman–Crippen LogP) is 2.20. The third-order valence-electron chi connectivity index (χ3n) is 2.88. The number of rotatable bonds is 4. The summed E-state index contributed by atoms with van der Waals surface area (Å²) in [5.74, 6) is 0.957. The van der Waals surface area contributed by atoms with Gasteiger partial charge in [-0.05, 0) is 18.2 Å². The van der Waals surface area contributed by atoms with E-state index >= 15 is 0 Å². The summed E-state index contributed by atoms with van der Waals surface area (Å²) in [4.78, 5) is 17.4. The molecule has 0 saturated heterocycles. The molecule has 0 unspecified atom stereocenters. The standard InChI is InChI=1S/C15H18N4O2/c1-17-13-5-4-10(8-12(13)16)21-11-6-7-18-14(9-11)15(20)19(2)3/h4-9,17H,16H2,1-3H3. The van der Waals surface area contributed by atoms with Gasteiger partial charge < -0.3 is 20.7 Å². The van der Waals surface area contributed by atoms with Crippen LogP contribution >= 0.6 is 0 Å². The quantitative estimate of drug-likeness (QED) is 0.842. The Morgan fingerprint density at radius 2 is 1.95 bits per heavy atom. The van der Waals surface area contributed by atoms with Crippen molar-refractivity contribution in [3.05, 3.63) is 42.2 Å². The lowest BCUT2D eigenvalue weighted by Gasteiger charge is -2.12. The van der Waals surface area contributed by atoms with Crippen molar-refractivity contribution in [3.8, 4) is 11.5 Å². The Balaban J connectivity index is 2.22. The second-order valence-corrected chi connectivity index (χ2v) is 4.68. The molecular formula is C15H18N4O2. The SMILES string of the molecule is CNc1ccc(Oc2ccnc(C(=O)N(C)C)c2)cc1N. The zero-order chi connectivity index (χ0) is 15.4. The molecule has 1 aromatic carbocycles. The number of pyridine rings is 1. The maximum atomic E-state index is 11.9. The summed E-state index contributed by atoms with van der Waals surface area (Å²) in [6.07, 6.45) is 1.54. The molecule has 0 radical (unpaired) electrons. The molecule has 0 bridgehead atoms. The lowest BCUT2D eigenvalue weighted by Crippen LogP contribution is -2.22. The third-order valence-corrected chi connectivity index (χ3v) is 2.88. The van der Waals surface area contributed by atoms with Crippen LogP contribution < -0.4 is 15.8 Å². The summed E-state index contributed by atoms with van der Waals surface area (Å²) in [5, 5.41) is 2.98. The molecular weight excluding hydrogens is 268 g/mol. The summed E-state index contributed by atoms with van der Waals surface area (Å²) in [7, 11) is 5.15. The Bertz CT molecular complexity index is 656. The zero-order valence-corrected chi connectivity index (χ0v) is 12.3. The predicted molar refractivity (Wildman–Crippen MR) is 82.7 cm³/mol. The molecule has 2 aromatic rings. The van der Waals surface area contributed by atoms with Crippen LogP contribution in [0, 0.1) is 0 Å². The number of anilines is 2. The van der Waals surface area contributed by atoms with Gasteiger partial charge in [0.25, 0.3) is 5.91 Å². The van der Waals surface area contributed by atoms with Gasteiger partial charge in [0.15, 0.2) is 0 Å². The van der Waals surface area contributed by atoms with E-state index in [4.69, 9.17) is 10.5 Å². The monoisotopic (exact) mass is 286 g/mol. The van der Waals surface area contributed by atoms with Crippen molar-refractivity contribution in [1.29, 1.82) is 0 Å². The molecule has 0 aliphatic carbocycles. The number of hydrogen-bond acceptors (Lipinski definition) is 5. The van der Waals surface area contributed by atoms with Gasteiger partial charge in [-0.1, -0.05) is 0 Å². The summed E-state index contributed by atoms with van der Waals surface area (Å²) in [5.41, 5.74) is 7.64. The van der Waals surface area contributed by atoms with Crippen molar-refractivity contribution in [3.63, 3.8) is 0 Å². The van der Waals surface area contributed by atoms with Gasteiger partial charge in [-0.15, -0.1) is 0 Å². The summed E-state index contributed by atoms with van der Waals surface area (Å²) in [6, 6.07) is 8.65. The molecule has 2 rings (SSSR count). The van der Waals surface area contributed by atoms with Gasteiger partial charge in [-0.2, -0.15) is 0 Å². The first-order valence-electron chi connectivity index (χ1n) is 6.44. The fourth-order valence-electron chi connectivity index (χ4n) is 1.79. The number of hydrogen-bond donors (Lipinski definition) is 2. The Hall–Kier alpha value is -2.76. The minimum atomic E-state index is -0.175. The van der Waals surface area contributed by atoms with Crippen LogP contribution in [0.25, 0.3) is 0 Å². The van der Waals surface area contributed by atoms with Crippen molar-refractivity contribution in [1.82, 2.24) is 9.88 Å². The zero-order valence-electron chi connectivity index (χ0n) is 12.3. The summed E-state index contributed by atoms with van der Waals surface area (Å²) < 4.78 is 5.71. The number of ether oxygens (including phenoxy) is 1. The van der Waals surface area contributed by atoms with E-state index in [1.54, 1.807) is 45.4 Å². The number of aromatic nitrogens is 1. The molecule has 6 heteroatoms. The van der Waals surface area contributed by atoms with E-state index in [-0.39, 0.29) is 5.91 Å². The van der Waals surface area contributed by atoms with E-state index < -0.39 is 0 Å².